The summed E-state index contributed by atoms with van der Waals surface area (Å²) in [5.74, 6) is -1.16. The molecule has 1 amide bonds. The van der Waals surface area contributed by atoms with E-state index in [4.69, 9.17) is 21.4 Å². The molecule has 0 fully saturated rings. The fourth-order valence-corrected chi connectivity index (χ4v) is 1.07. The van der Waals surface area contributed by atoms with Gasteiger partial charge in [0.1, 0.15) is 11.6 Å². The highest BCUT2D eigenvalue weighted by atomic mass is 35.5. The molecule has 5 nitrogen and oxygen atoms in total. The van der Waals surface area contributed by atoms with E-state index in [-0.39, 0.29) is 11.8 Å². The summed E-state index contributed by atoms with van der Waals surface area (Å²) in [6, 6.07) is 6.41. The second-order valence-corrected chi connectivity index (χ2v) is 3.16. The average molecular weight is 244 g/mol. The molecule has 1 rings (SSSR count). The summed E-state index contributed by atoms with van der Waals surface area (Å²) in [6.07, 6.45) is 0. The lowest BCUT2D eigenvalue weighted by Crippen LogP contribution is -2.13. The SMILES string of the molecule is O=C(O)COc1cccc(NC(=O)CCl)c1. The number of carboxylic acids is 1. The minimum absolute atomic E-state index is 0.139. The third-order valence-electron chi connectivity index (χ3n) is 1.60. The Hall–Kier alpha value is -1.75. The van der Waals surface area contributed by atoms with Crippen molar-refractivity contribution in [3.8, 4) is 5.75 Å². The molecule has 0 bridgehead atoms. The number of rotatable bonds is 5. The van der Waals surface area contributed by atoms with Gasteiger partial charge < -0.3 is 15.2 Å². The number of anilines is 1. The number of carbonyl (C=O) groups is 2. The molecule has 0 aromatic heterocycles. The van der Waals surface area contributed by atoms with E-state index in [0.29, 0.717) is 11.4 Å². The summed E-state index contributed by atoms with van der Waals surface area (Å²) in [4.78, 5) is 21.3. The topological polar surface area (TPSA) is 75.6 Å². The highest BCUT2D eigenvalue weighted by Gasteiger charge is 2.03. The van der Waals surface area contributed by atoms with Crippen molar-refractivity contribution in [3.63, 3.8) is 0 Å². The van der Waals surface area contributed by atoms with Crippen LogP contribution in [-0.2, 0) is 9.59 Å². The number of nitrogens with one attached hydrogen (secondary N) is 1. The van der Waals surface area contributed by atoms with Crippen LogP contribution in [0.1, 0.15) is 0 Å². The summed E-state index contributed by atoms with van der Waals surface area (Å²) < 4.78 is 4.94. The lowest BCUT2D eigenvalue weighted by molar-refractivity contribution is -0.139. The molecule has 0 radical (unpaired) electrons. The van der Waals surface area contributed by atoms with Crippen molar-refractivity contribution in [2.75, 3.05) is 17.8 Å². The maximum Gasteiger partial charge on any atom is 0.341 e. The Labute approximate surface area is 97.0 Å². The molecule has 0 spiro atoms. The number of amides is 1. The number of hydrogen-bond acceptors (Lipinski definition) is 3. The summed E-state index contributed by atoms with van der Waals surface area (Å²) in [5.41, 5.74) is 0.508. The quantitative estimate of drug-likeness (QED) is 0.765. The molecule has 1 aromatic rings. The van der Waals surface area contributed by atoms with E-state index in [1.165, 1.54) is 6.07 Å². The number of carbonyl (C=O) groups excluding carboxylic acids is 1. The molecule has 6 heteroatoms. The largest absolute Gasteiger partial charge is 0.482 e. The lowest BCUT2D eigenvalue weighted by atomic mass is 10.3. The Morgan fingerprint density at radius 2 is 2.19 bits per heavy atom. The first-order valence-electron chi connectivity index (χ1n) is 4.42. The average Bonchev–Trinajstić information content (AvgIpc) is 2.26. The molecule has 0 aliphatic heterocycles. The van der Waals surface area contributed by atoms with Gasteiger partial charge in [-0.25, -0.2) is 4.79 Å². The summed E-state index contributed by atoms with van der Waals surface area (Å²) in [7, 11) is 0. The Kier molecular flexibility index (Phi) is 4.60. The van der Waals surface area contributed by atoms with Crippen LogP contribution in [-0.4, -0.2) is 29.5 Å². The monoisotopic (exact) mass is 243 g/mol. The van der Waals surface area contributed by atoms with Gasteiger partial charge in [0.05, 0.1) is 0 Å². The first kappa shape index (κ1) is 12.3. The van der Waals surface area contributed by atoms with Crippen molar-refractivity contribution >= 4 is 29.2 Å². The Bertz CT molecular complexity index is 394. The molecule has 0 aliphatic rings. The minimum Gasteiger partial charge on any atom is -0.482 e. The van der Waals surface area contributed by atoms with Crippen LogP contribution in [0, 0.1) is 0 Å². The smallest absolute Gasteiger partial charge is 0.341 e. The van der Waals surface area contributed by atoms with Crippen LogP contribution >= 0.6 is 11.6 Å². The van der Waals surface area contributed by atoms with Crippen molar-refractivity contribution in [1.82, 2.24) is 0 Å². The van der Waals surface area contributed by atoms with E-state index >= 15 is 0 Å². The first-order chi connectivity index (χ1) is 7.61. The van der Waals surface area contributed by atoms with Crippen molar-refractivity contribution in [1.29, 1.82) is 0 Å². The van der Waals surface area contributed by atoms with Crippen LogP contribution in [0.25, 0.3) is 0 Å². The van der Waals surface area contributed by atoms with Crippen molar-refractivity contribution in [2.45, 2.75) is 0 Å². The predicted octanol–water partition coefficient (Wildman–Crippen LogP) is 1.33. The van der Waals surface area contributed by atoms with Gasteiger partial charge in [0.2, 0.25) is 5.91 Å². The number of ether oxygens (including phenoxy) is 1. The van der Waals surface area contributed by atoms with Crippen molar-refractivity contribution in [2.24, 2.45) is 0 Å². The molecular weight excluding hydrogens is 234 g/mol. The van der Waals surface area contributed by atoms with Crippen LogP contribution in [0.2, 0.25) is 0 Å². The van der Waals surface area contributed by atoms with Crippen LogP contribution in [0.5, 0.6) is 5.75 Å². The molecule has 86 valence electrons. The van der Waals surface area contributed by atoms with Gasteiger partial charge in [-0.2, -0.15) is 0 Å². The molecule has 0 saturated carbocycles. The standard InChI is InChI=1S/C10H10ClNO4/c11-5-9(13)12-7-2-1-3-8(4-7)16-6-10(14)15/h1-4H,5-6H2,(H,12,13)(H,14,15). The number of halogens is 1. The van der Waals surface area contributed by atoms with E-state index in [2.05, 4.69) is 5.32 Å². The second kappa shape index (κ2) is 5.97. The zero-order valence-corrected chi connectivity index (χ0v) is 9.03. The number of alkyl halides is 1. The van der Waals surface area contributed by atoms with Crippen LogP contribution in [0.15, 0.2) is 24.3 Å². The van der Waals surface area contributed by atoms with Crippen molar-refractivity contribution < 1.29 is 19.4 Å². The Balaban J connectivity index is 2.63. The molecular formula is C10H10ClNO4. The molecule has 1 aromatic carbocycles. The van der Waals surface area contributed by atoms with Gasteiger partial charge in [0, 0.05) is 11.8 Å². The highest BCUT2D eigenvalue weighted by molar-refractivity contribution is 6.29. The lowest BCUT2D eigenvalue weighted by Gasteiger charge is -2.06. The maximum absolute atomic E-state index is 11.0. The van der Waals surface area contributed by atoms with Gasteiger partial charge in [-0.1, -0.05) is 6.07 Å². The van der Waals surface area contributed by atoms with Gasteiger partial charge in [-0.05, 0) is 12.1 Å². The van der Waals surface area contributed by atoms with E-state index < -0.39 is 12.6 Å². The number of aliphatic carboxylic acids is 1. The van der Waals surface area contributed by atoms with Gasteiger partial charge >= 0.3 is 5.97 Å². The van der Waals surface area contributed by atoms with Gasteiger partial charge in [0.25, 0.3) is 0 Å². The van der Waals surface area contributed by atoms with Gasteiger partial charge in [0.15, 0.2) is 6.61 Å². The van der Waals surface area contributed by atoms with E-state index in [1.54, 1.807) is 18.2 Å². The number of benzene rings is 1. The first-order valence-corrected chi connectivity index (χ1v) is 4.95. The molecule has 0 heterocycles. The van der Waals surface area contributed by atoms with Crippen molar-refractivity contribution in [3.05, 3.63) is 24.3 Å². The number of carboxylic acid groups (broad SMARTS) is 1. The zero-order chi connectivity index (χ0) is 12.0. The number of hydrogen-bond donors (Lipinski definition) is 2. The summed E-state index contributed by atoms with van der Waals surface area (Å²) in [5, 5.41) is 10.9. The molecule has 0 aliphatic carbocycles. The minimum atomic E-state index is -1.06. The molecule has 0 atom stereocenters. The second-order valence-electron chi connectivity index (χ2n) is 2.89. The third kappa shape index (κ3) is 4.18. The molecule has 16 heavy (non-hydrogen) atoms. The van der Waals surface area contributed by atoms with E-state index in [1.807, 2.05) is 0 Å². The van der Waals surface area contributed by atoms with Gasteiger partial charge in [-0.15, -0.1) is 11.6 Å². The summed E-state index contributed by atoms with van der Waals surface area (Å²) in [6.45, 7) is -0.424. The maximum atomic E-state index is 11.0. The van der Waals surface area contributed by atoms with E-state index in [9.17, 15) is 9.59 Å². The predicted molar refractivity (Wildman–Crippen MR) is 58.9 cm³/mol. The fraction of sp³-hybridized carbons (Fsp3) is 0.200. The van der Waals surface area contributed by atoms with Crippen LogP contribution in [0.3, 0.4) is 0 Å². The van der Waals surface area contributed by atoms with Gasteiger partial charge in [-0.3, -0.25) is 4.79 Å². The highest BCUT2D eigenvalue weighted by Crippen LogP contribution is 2.17. The normalized spacial score (nSPS) is 9.56. The fourth-order valence-electron chi connectivity index (χ4n) is 1.00. The summed E-state index contributed by atoms with van der Waals surface area (Å²) >= 11 is 5.32. The van der Waals surface area contributed by atoms with Crippen LogP contribution < -0.4 is 10.1 Å². The Morgan fingerprint density at radius 1 is 1.44 bits per heavy atom. The van der Waals surface area contributed by atoms with Crippen LogP contribution in [0.4, 0.5) is 5.69 Å². The zero-order valence-electron chi connectivity index (χ0n) is 8.27. The Morgan fingerprint density at radius 3 is 2.81 bits per heavy atom. The van der Waals surface area contributed by atoms with E-state index in [0.717, 1.165) is 0 Å². The third-order valence-corrected chi connectivity index (χ3v) is 1.84. The molecule has 0 saturated heterocycles. The molecule has 0 unspecified atom stereocenters. The molecule has 2 N–H and O–H groups in total.